The zero-order valence-corrected chi connectivity index (χ0v) is 30.6. The Balaban J connectivity index is 1.34. The van der Waals surface area contributed by atoms with Gasteiger partial charge >= 0.3 is 0 Å². The van der Waals surface area contributed by atoms with E-state index in [1.165, 1.54) is 11.8 Å². The van der Waals surface area contributed by atoms with Crippen LogP contribution in [0.2, 0.25) is 10.0 Å². The first-order chi connectivity index (χ1) is 26.0. The number of hydrogen-bond acceptors (Lipinski definition) is 5. The average Bonchev–Trinajstić information content (AvgIpc) is 3.78. The van der Waals surface area contributed by atoms with Crippen molar-refractivity contribution in [1.82, 2.24) is 0 Å². The molecule has 4 atom stereocenters. The van der Waals surface area contributed by atoms with Gasteiger partial charge in [0.1, 0.15) is 11.5 Å². The van der Waals surface area contributed by atoms with Crippen LogP contribution in [0.1, 0.15) is 54.8 Å². The van der Waals surface area contributed by atoms with Crippen LogP contribution in [0.5, 0.6) is 0 Å². The van der Waals surface area contributed by atoms with Crippen molar-refractivity contribution < 1.29 is 19.1 Å². The van der Waals surface area contributed by atoms with Crippen LogP contribution in [0.3, 0.4) is 0 Å². The molecule has 260 valence electrons. The zero-order chi connectivity index (χ0) is 36.3. The minimum atomic E-state index is -0.880. The minimum absolute atomic E-state index is 0.138. The highest BCUT2D eigenvalue weighted by atomic mass is 35.5. The van der Waals surface area contributed by atoms with E-state index in [1.807, 2.05) is 170 Å². The van der Waals surface area contributed by atoms with Crippen LogP contribution >= 0.6 is 35.0 Å². The molecule has 0 bridgehead atoms. The zero-order valence-electron chi connectivity index (χ0n) is 28.3. The number of ketones is 2. The van der Waals surface area contributed by atoms with Gasteiger partial charge in [0.05, 0.1) is 11.8 Å². The Labute approximate surface area is 322 Å². The summed E-state index contributed by atoms with van der Waals surface area (Å²) >= 11 is 14.3. The molecule has 4 nitrogen and oxygen atoms in total. The van der Waals surface area contributed by atoms with E-state index in [0.29, 0.717) is 32.7 Å². The molecule has 0 amide bonds. The Kier molecular flexibility index (Phi) is 10.1. The van der Waals surface area contributed by atoms with Gasteiger partial charge in [0.25, 0.3) is 0 Å². The lowest BCUT2D eigenvalue weighted by Gasteiger charge is -2.23. The van der Waals surface area contributed by atoms with Gasteiger partial charge in [0, 0.05) is 42.1 Å². The summed E-state index contributed by atoms with van der Waals surface area (Å²) in [4.78, 5) is 30.6. The second-order valence-corrected chi connectivity index (χ2v) is 14.8. The minimum Gasteiger partial charge on any atom is -0.480 e. The molecule has 0 unspecified atom stereocenters. The summed E-state index contributed by atoms with van der Waals surface area (Å²) < 4.78 is 13.7. The van der Waals surface area contributed by atoms with Gasteiger partial charge < -0.3 is 9.47 Å². The lowest BCUT2D eigenvalue weighted by atomic mass is 9.89. The quantitative estimate of drug-likeness (QED) is 0.130. The number of benzene rings is 6. The first kappa shape index (κ1) is 34.7. The predicted octanol–water partition coefficient (Wildman–Crippen LogP) is 11.9. The molecule has 6 aromatic rings. The monoisotopic (exact) mass is 750 g/mol. The Morgan fingerprint density at radius 2 is 0.755 bits per heavy atom. The summed E-state index contributed by atoms with van der Waals surface area (Å²) in [6.07, 6.45) is -1.76. The van der Waals surface area contributed by atoms with Crippen LogP contribution in [-0.2, 0) is 9.47 Å². The Hall–Kier alpha value is -5.33. The molecule has 0 aromatic heterocycles. The van der Waals surface area contributed by atoms with Crippen LogP contribution in [0.4, 0.5) is 0 Å². The molecule has 0 spiro atoms. The van der Waals surface area contributed by atoms with E-state index in [0.717, 1.165) is 32.1 Å². The molecule has 0 saturated carbocycles. The van der Waals surface area contributed by atoms with Crippen molar-refractivity contribution in [1.29, 1.82) is 0 Å². The summed E-state index contributed by atoms with van der Waals surface area (Å²) in [5, 5.41) is 1.17. The highest BCUT2D eigenvalue weighted by molar-refractivity contribution is 8.07. The fourth-order valence-electron chi connectivity index (χ4n) is 6.94. The second-order valence-electron chi connectivity index (χ2n) is 12.8. The molecule has 2 aliphatic heterocycles. The van der Waals surface area contributed by atoms with Crippen molar-refractivity contribution in [2.24, 2.45) is 0 Å². The number of rotatable bonds is 10. The summed E-state index contributed by atoms with van der Waals surface area (Å²) in [6, 6.07) is 53.3. The second kappa shape index (κ2) is 15.3. The summed E-state index contributed by atoms with van der Waals surface area (Å²) in [5.74, 6) is -0.115. The highest BCUT2D eigenvalue weighted by Crippen LogP contribution is 2.58. The first-order valence-corrected chi connectivity index (χ1v) is 18.8. The van der Waals surface area contributed by atoms with Crippen molar-refractivity contribution in [2.75, 3.05) is 0 Å². The number of carbonyl (C=O) groups excluding carboxylic acids is 2. The van der Waals surface area contributed by atoms with Crippen LogP contribution in [0, 0.1) is 0 Å². The molecular formula is C46H32Cl2O4S. The topological polar surface area (TPSA) is 52.6 Å². The molecule has 2 aliphatic rings. The number of ether oxygens (including phenoxy) is 2. The maximum atomic E-state index is 14.5. The predicted molar refractivity (Wildman–Crippen MR) is 214 cm³/mol. The van der Waals surface area contributed by atoms with E-state index in [4.69, 9.17) is 32.7 Å². The summed E-state index contributed by atoms with van der Waals surface area (Å²) in [6.45, 7) is 0. The van der Waals surface area contributed by atoms with E-state index < -0.39 is 24.0 Å². The largest absolute Gasteiger partial charge is 0.480 e. The van der Waals surface area contributed by atoms with Gasteiger partial charge in [-0.1, -0.05) is 181 Å². The molecule has 0 saturated heterocycles. The molecular weight excluding hydrogens is 719 g/mol. The third-order valence-corrected chi connectivity index (χ3v) is 11.3. The molecule has 6 aromatic carbocycles. The molecule has 0 radical (unpaired) electrons. The lowest BCUT2D eigenvalue weighted by molar-refractivity contribution is 0.0750. The van der Waals surface area contributed by atoms with E-state index >= 15 is 0 Å². The standard InChI is InChI=1S/C46H32Cl2O4S/c47-35-25-21-29(22-26-35)37-43(39(49)31-13-5-1-6-14-31)51-41(33-17-9-3-10-18-33)45(37)53-46-38(30-23-27-36(48)28-24-30)44(40(50)32-15-7-2-8-16-32)52-42(46)34-19-11-4-12-20-34/h1-28,37-38,43-44H/t37-,38-,43+,44+/m1/s1. The van der Waals surface area contributed by atoms with E-state index in [1.54, 1.807) is 0 Å². The fourth-order valence-corrected chi connectivity index (χ4v) is 8.72. The van der Waals surface area contributed by atoms with Gasteiger partial charge in [-0.25, -0.2) is 0 Å². The fraction of sp³-hybridized carbons (Fsp3) is 0.0870. The van der Waals surface area contributed by atoms with Crippen molar-refractivity contribution >= 4 is 58.0 Å². The molecule has 0 fully saturated rings. The Morgan fingerprint density at radius 1 is 0.434 bits per heavy atom. The number of hydrogen-bond donors (Lipinski definition) is 0. The van der Waals surface area contributed by atoms with Gasteiger partial charge in [-0.3, -0.25) is 9.59 Å². The third kappa shape index (κ3) is 7.08. The van der Waals surface area contributed by atoms with Crippen molar-refractivity contribution in [3.05, 3.63) is 223 Å². The first-order valence-electron chi connectivity index (χ1n) is 17.3. The van der Waals surface area contributed by atoms with E-state index in [9.17, 15) is 9.59 Å². The SMILES string of the molecule is O=C(c1ccccc1)[C@H]1OC(c2ccccc2)=C(SC2=C(c3ccccc3)O[C@H](C(=O)c3ccccc3)[C@H]2c2ccc(Cl)cc2)[C@@H]1c1ccc(Cl)cc1. The lowest BCUT2D eigenvalue weighted by Crippen LogP contribution is -2.28. The van der Waals surface area contributed by atoms with Crippen LogP contribution in [0.15, 0.2) is 180 Å². The molecule has 0 aliphatic carbocycles. The Morgan fingerprint density at radius 3 is 1.09 bits per heavy atom. The highest BCUT2D eigenvalue weighted by Gasteiger charge is 2.48. The van der Waals surface area contributed by atoms with Gasteiger partial charge in [-0.05, 0) is 35.4 Å². The van der Waals surface area contributed by atoms with Crippen LogP contribution < -0.4 is 0 Å². The molecule has 8 rings (SSSR count). The average molecular weight is 752 g/mol. The van der Waals surface area contributed by atoms with Gasteiger partial charge in [-0.2, -0.15) is 0 Å². The number of carbonyl (C=O) groups is 2. The smallest absolute Gasteiger partial charge is 0.204 e. The third-order valence-electron chi connectivity index (χ3n) is 9.49. The van der Waals surface area contributed by atoms with Gasteiger partial charge in [0.2, 0.25) is 11.6 Å². The summed E-state index contributed by atoms with van der Waals surface area (Å²) in [5.41, 5.74) is 4.51. The van der Waals surface area contributed by atoms with E-state index in [2.05, 4.69) is 0 Å². The number of thioether (sulfide) groups is 1. The summed E-state index contributed by atoms with van der Waals surface area (Å²) in [7, 11) is 0. The van der Waals surface area contributed by atoms with Crippen LogP contribution in [0.25, 0.3) is 11.5 Å². The number of Topliss-reactive ketones (excluding diaryl/α,β-unsaturated/α-hetero) is 2. The van der Waals surface area contributed by atoms with Crippen LogP contribution in [-0.4, -0.2) is 23.8 Å². The Bertz CT molecular complexity index is 2140. The maximum Gasteiger partial charge on any atom is 0.204 e. The van der Waals surface area contributed by atoms with Crippen molar-refractivity contribution in [3.63, 3.8) is 0 Å². The van der Waals surface area contributed by atoms with E-state index in [-0.39, 0.29) is 11.6 Å². The maximum absolute atomic E-state index is 14.5. The number of halogens is 2. The van der Waals surface area contributed by atoms with Crippen molar-refractivity contribution in [3.8, 4) is 0 Å². The normalized spacial score (nSPS) is 19.5. The molecule has 2 heterocycles. The van der Waals surface area contributed by atoms with Gasteiger partial charge in [-0.15, -0.1) is 0 Å². The molecule has 53 heavy (non-hydrogen) atoms. The molecule has 0 N–H and O–H groups in total. The van der Waals surface area contributed by atoms with Crippen molar-refractivity contribution in [2.45, 2.75) is 24.0 Å². The van der Waals surface area contributed by atoms with Gasteiger partial charge in [0.15, 0.2) is 12.2 Å². The molecule has 7 heteroatoms.